The standard InChI is InChI=1S/C23H26F4N8O2/c24-16-9-34(8-14-3-4-33(10-17(14)36)11-18(28)37)20-19(16)21(32-12-31-20)35(15-1-2-15)7-13-5-29-22(30-6-13)23(25,26)27/h5-6,9,12,14-15,17,36H,1-4,7-8,10-11H2,(H2,28,37)/t14?,17-/m0/s1. The predicted octanol–water partition coefficient (Wildman–Crippen LogP) is 1.72. The molecule has 5 rings (SSSR count). The summed E-state index contributed by atoms with van der Waals surface area (Å²) in [5, 5.41) is 10.8. The molecule has 2 fully saturated rings. The second-order valence-corrected chi connectivity index (χ2v) is 9.61. The first-order valence-corrected chi connectivity index (χ1v) is 11.9. The summed E-state index contributed by atoms with van der Waals surface area (Å²) in [4.78, 5) is 30.3. The van der Waals surface area contributed by atoms with Gasteiger partial charge in [0.1, 0.15) is 17.8 Å². The van der Waals surface area contributed by atoms with Crippen molar-refractivity contribution in [3.05, 3.63) is 42.1 Å². The zero-order chi connectivity index (χ0) is 26.3. The van der Waals surface area contributed by atoms with Crippen LogP contribution in [0.15, 0.2) is 24.9 Å². The van der Waals surface area contributed by atoms with Crippen LogP contribution in [0, 0.1) is 11.7 Å². The highest BCUT2D eigenvalue weighted by atomic mass is 19.4. The van der Waals surface area contributed by atoms with Crippen LogP contribution in [0.5, 0.6) is 0 Å². The van der Waals surface area contributed by atoms with Crippen molar-refractivity contribution in [2.24, 2.45) is 11.7 Å². The molecule has 1 aliphatic carbocycles. The molecule has 37 heavy (non-hydrogen) atoms. The molecule has 10 nitrogen and oxygen atoms in total. The maximum atomic E-state index is 15.3. The molecule has 1 saturated heterocycles. The summed E-state index contributed by atoms with van der Waals surface area (Å²) in [5.41, 5.74) is 6.06. The Bertz CT molecular complexity index is 1280. The van der Waals surface area contributed by atoms with E-state index in [2.05, 4.69) is 19.9 Å². The Hall–Kier alpha value is -3.39. The molecule has 1 unspecified atom stereocenters. The first-order valence-electron chi connectivity index (χ1n) is 11.9. The van der Waals surface area contributed by atoms with E-state index in [9.17, 15) is 23.1 Å². The van der Waals surface area contributed by atoms with Crippen LogP contribution < -0.4 is 10.6 Å². The number of piperidine rings is 1. The molecule has 1 saturated carbocycles. The monoisotopic (exact) mass is 522 g/mol. The zero-order valence-electron chi connectivity index (χ0n) is 19.8. The molecule has 0 bridgehead atoms. The molecule has 1 aliphatic heterocycles. The molecule has 1 amide bonds. The quantitative estimate of drug-likeness (QED) is 0.429. The summed E-state index contributed by atoms with van der Waals surface area (Å²) in [7, 11) is 0. The Labute approximate surface area is 209 Å². The lowest BCUT2D eigenvalue weighted by atomic mass is 9.93. The molecule has 198 valence electrons. The first kappa shape index (κ1) is 25.3. The van der Waals surface area contributed by atoms with Crippen molar-refractivity contribution in [3.8, 4) is 0 Å². The highest BCUT2D eigenvalue weighted by molar-refractivity contribution is 5.89. The summed E-state index contributed by atoms with van der Waals surface area (Å²) < 4.78 is 55.4. The van der Waals surface area contributed by atoms with Gasteiger partial charge in [0.15, 0.2) is 5.82 Å². The fraction of sp³-hybridized carbons (Fsp3) is 0.522. The van der Waals surface area contributed by atoms with Crippen molar-refractivity contribution in [1.82, 2.24) is 29.4 Å². The van der Waals surface area contributed by atoms with Crippen molar-refractivity contribution in [3.63, 3.8) is 0 Å². The van der Waals surface area contributed by atoms with Crippen LogP contribution in [0.4, 0.5) is 23.4 Å². The molecule has 3 N–H and O–H groups in total. The second-order valence-electron chi connectivity index (χ2n) is 9.61. The first-order chi connectivity index (χ1) is 17.6. The Morgan fingerprint density at radius 3 is 2.51 bits per heavy atom. The molecular formula is C23H26F4N8O2. The van der Waals surface area contributed by atoms with Gasteiger partial charge in [-0.05, 0) is 25.8 Å². The topological polar surface area (TPSA) is 126 Å². The maximum absolute atomic E-state index is 15.3. The number of hydrogen-bond acceptors (Lipinski definition) is 8. The van der Waals surface area contributed by atoms with E-state index in [1.165, 1.54) is 12.5 Å². The number of amides is 1. The number of primary amides is 1. The Balaban J connectivity index is 1.38. The number of alkyl halides is 3. The van der Waals surface area contributed by atoms with Crippen LogP contribution >= 0.6 is 0 Å². The second kappa shape index (κ2) is 9.82. The predicted molar refractivity (Wildman–Crippen MR) is 123 cm³/mol. The van der Waals surface area contributed by atoms with Gasteiger partial charge in [0.05, 0.1) is 18.0 Å². The number of carbonyl (C=O) groups excluding carboxylic acids is 1. The number of β-amino-alcohol motifs (C(OH)–C–C–N with tert-alkyl or cyclic N) is 1. The van der Waals surface area contributed by atoms with Crippen LogP contribution in [0.25, 0.3) is 11.0 Å². The molecule has 3 aromatic heterocycles. The summed E-state index contributed by atoms with van der Waals surface area (Å²) >= 11 is 0. The zero-order valence-corrected chi connectivity index (χ0v) is 19.8. The third-order valence-corrected chi connectivity index (χ3v) is 6.77. The van der Waals surface area contributed by atoms with Crippen LogP contribution in [-0.4, -0.2) is 72.2 Å². The van der Waals surface area contributed by atoms with Gasteiger partial charge in [-0.1, -0.05) is 0 Å². The Kier molecular flexibility index (Phi) is 6.70. The average Bonchev–Trinajstić information content (AvgIpc) is 3.63. The van der Waals surface area contributed by atoms with Crippen molar-refractivity contribution in [2.45, 2.75) is 50.7 Å². The number of halogens is 4. The minimum Gasteiger partial charge on any atom is -0.391 e. The molecule has 14 heteroatoms. The van der Waals surface area contributed by atoms with E-state index < -0.39 is 29.8 Å². The van der Waals surface area contributed by atoms with Gasteiger partial charge in [-0.2, -0.15) is 13.2 Å². The molecule has 4 heterocycles. The smallest absolute Gasteiger partial charge is 0.391 e. The van der Waals surface area contributed by atoms with Crippen molar-refractivity contribution >= 4 is 22.8 Å². The summed E-state index contributed by atoms with van der Waals surface area (Å²) in [6.07, 6.45) is 1.82. The van der Waals surface area contributed by atoms with E-state index in [-0.39, 0.29) is 30.4 Å². The molecule has 0 radical (unpaired) electrons. The van der Waals surface area contributed by atoms with Crippen LogP contribution in [0.3, 0.4) is 0 Å². The van der Waals surface area contributed by atoms with Crippen LogP contribution in [0.1, 0.15) is 30.7 Å². The van der Waals surface area contributed by atoms with Gasteiger partial charge < -0.3 is 20.3 Å². The third-order valence-electron chi connectivity index (χ3n) is 6.77. The molecule has 0 aromatic carbocycles. The van der Waals surface area contributed by atoms with E-state index in [1.807, 2.05) is 4.90 Å². The number of aliphatic hydroxyl groups excluding tert-OH is 1. The summed E-state index contributed by atoms with van der Waals surface area (Å²) in [6.45, 7) is 1.43. The van der Waals surface area contributed by atoms with Crippen molar-refractivity contribution < 1.29 is 27.5 Å². The minimum atomic E-state index is -4.63. The van der Waals surface area contributed by atoms with E-state index in [4.69, 9.17) is 5.73 Å². The van der Waals surface area contributed by atoms with Crippen LogP contribution in [0.2, 0.25) is 0 Å². The van der Waals surface area contributed by atoms with Crippen molar-refractivity contribution in [1.29, 1.82) is 0 Å². The number of anilines is 1. The largest absolute Gasteiger partial charge is 0.451 e. The Morgan fingerprint density at radius 1 is 1.16 bits per heavy atom. The lowest BCUT2D eigenvalue weighted by molar-refractivity contribution is -0.145. The lowest BCUT2D eigenvalue weighted by Gasteiger charge is -2.35. The van der Waals surface area contributed by atoms with Gasteiger partial charge in [-0.15, -0.1) is 0 Å². The number of likely N-dealkylation sites (tertiary alicyclic amines) is 1. The number of aromatic nitrogens is 5. The summed E-state index contributed by atoms with van der Waals surface area (Å²) in [5.74, 6) is -2.04. The van der Waals surface area contributed by atoms with E-state index in [1.54, 1.807) is 9.47 Å². The van der Waals surface area contributed by atoms with Crippen LogP contribution in [-0.2, 0) is 24.1 Å². The van der Waals surface area contributed by atoms with E-state index >= 15 is 4.39 Å². The maximum Gasteiger partial charge on any atom is 0.451 e. The van der Waals surface area contributed by atoms with E-state index in [0.29, 0.717) is 43.1 Å². The molecular weight excluding hydrogens is 496 g/mol. The van der Waals surface area contributed by atoms with Gasteiger partial charge in [-0.3, -0.25) is 9.69 Å². The normalized spacial score (nSPS) is 20.9. The number of aliphatic hydroxyl groups is 1. The fourth-order valence-electron chi connectivity index (χ4n) is 4.84. The fourth-order valence-corrected chi connectivity index (χ4v) is 4.84. The number of nitrogens with two attached hydrogens (primary N) is 1. The van der Waals surface area contributed by atoms with Gasteiger partial charge in [0, 0.05) is 55.7 Å². The molecule has 2 atom stereocenters. The van der Waals surface area contributed by atoms with Crippen molar-refractivity contribution in [2.75, 3.05) is 24.5 Å². The van der Waals surface area contributed by atoms with Gasteiger partial charge in [-0.25, -0.2) is 24.3 Å². The van der Waals surface area contributed by atoms with Gasteiger partial charge >= 0.3 is 6.18 Å². The molecule has 3 aromatic rings. The minimum absolute atomic E-state index is 0.0551. The number of hydrogen-bond donors (Lipinski definition) is 2. The number of rotatable bonds is 8. The SMILES string of the molecule is NC(=O)CN1CCC(Cn2cc(F)c3c(N(Cc4cnc(C(F)(F)F)nc4)C4CC4)ncnc32)[C@@H](O)C1. The highest BCUT2D eigenvalue weighted by Gasteiger charge is 2.36. The molecule has 2 aliphatic rings. The summed E-state index contributed by atoms with van der Waals surface area (Å²) in [6, 6.07) is 0.0551. The van der Waals surface area contributed by atoms with Gasteiger partial charge in [0.25, 0.3) is 0 Å². The lowest BCUT2D eigenvalue weighted by Crippen LogP contribution is -2.47. The highest BCUT2D eigenvalue weighted by Crippen LogP contribution is 2.37. The number of carbonyl (C=O) groups is 1. The molecule has 0 spiro atoms. The number of nitrogens with zero attached hydrogens (tertiary/aromatic N) is 7. The van der Waals surface area contributed by atoms with E-state index in [0.717, 1.165) is 25.2 Å². The van der Waals surface area contributed by atoms with Gasteiger partial charge in [0.2, 0.25) is 11.7 Å². The Morgan fingerprint density at radius 2 is 1.89 bits per heavy atom. The average molecular weight is 523 g/mol. The number of fused-ring (bicyclic) bond motifs is 1. The third kappa shape index (κ3) is 5.49.